The third kappa shape index (κ3) is 7.73. The zero-order valence-corrected chi connectivity index (χ0v) is 22.4. The average molecular weight is 555 g/mol. The van der Waals surface area contributed by atoms with Crippen molar-refractivity contribution in [2.75, 3.05) is 30.3 Å². The highest BCUT2D eigenvalue weighted by Gasteiger charge is 2.31. The first-order chi connectivity index (χ1) is 16.1. The van der Waals surface area contributed by atoms with Gasteiger partial charge in [-0.05, 0) is 50.1 Å². The van der Waals surface area contributed by atoms with Crippen molar-refractivity contribution in [2.24, 2.45) is 0 Å². The van der Waals surface area contributed by atoms with Crippen LogP contribution in [0.25, 0.3) is 0 Å². The Balaban J connectivity index is 2.40. The van der Waals surface area contributed by atoms with Gasteiger partial charge in [0.05, 0.1) is 18.6 Å². The molecule has 10 heteroatoms. The molecule has 0 fully saturated rings. The number of halogens is 1. The second kappa shape index (κ2) is 12.8. The normalized spacial score (nSPS) is 12.0. The minimum atomic E-state index is -3.83. The molecular formula is C24H32BrN3O5S. The minimum absolute atomic E-state index is 0.150. The van der Waals surface area contributed by atoms with Crippen molar-refractivity contribution in [3.63, 3.8) is 0 Å². The lowest BCUT2D eigenvalue weighted by molar-refractivity contribution is -0.139. The van der Waals surface area contributed by atoms with E-state index in [9.17, 15) is 18.0 Å². The standard InChI is InChI=1S/C24H32BrN3O5S/c1-5-15-26-24(30)18(3)27(16-19-11-13-20(25)14-12-19)23(29)17-28(34(4,31)32)21-9-7-8-10-22(21)33-6-2/h7-14,18H,5-6,15-17H2,1-4H3,(H,26,30)/t18-/m1/s1. The summed E-state index contributed by atoms with van der Waals surface area (Å²) in [6.07, 6.45) is 1.80. The van der Waals surface area contributed by atoms with Gasteiger partial charge in [-0.25, -0.2) is 8.42 Å². The number of hydrogen-bond donors (Lipinski definition) is 1. The lowest BCUT2D eigenvalue weighted by atomic mass is 10.1. The van der Waals surface area contributed by atoms with Crippen molar-refractivity contribution in [3.05, 3.63) is 58.6 Å². The molecule has 34 heavy (non-hydrogen) atoms. The van der Waals surface area contributed by atoms with Crippen LogP contribution in [0.5, 0.6) is 5.75 Å². The number of amides is 2. The number of hydrogen-bond acceptors (Lipinski definition) is 5. The number of benzene rings is 2. The van der Waals surface area contributed by atoms with Gasteiger partial charge in [0.15, 0.2) is 0 Å². The highest BCUT2D eigenvalue weighted by atomic mass is 79.9. The Hall–Kier alpha value is -2.59. The molecule has 1 atom stereocenters. The lowest BCUT2D eigenvalue weighted by Gasteiger charge is -2.32. The lowest BCUT2D eigenvalue weighted by Crippen LogP contribution is -2.51. The van der Waals surface area contributed by atoms with Gasteiger partial charge in [-0.3, -0.25) is 13.9 Å². The molecule has 0 aliphatic heterocycles. The first kappa shape index (κ1) is 27.7. The summed E-state index contributed by atoms with van der Waals surface area (Å²) in [7, 11) is -3.83. The number of carbonyl (C=O) groups is 2. The smallest absolute Gasteiger partial charge is 0.244 e. The van der Waals surface area contributed by atoms with Crippen molar-refractivity contribution in [1.29, 1.82) is 0 Å². The molecule has 2 aromatic rings. The molecule has 0 saturated heterocycles. The van der Waals surface area contributed by atoms with E-state index in [1.807, 2.05) is 31.2 Å². The van der Waals surface area contributed by atoms with E-state index in [2.05, 4.69) is 21.2 Å². The van der Waals surface area contributed by atoms with Gasteiger partial charge in [0, 0.05) is 17.6 Å². The Morgan fingerprint density at radius 3 is 2.32 bits per heavy atom. The van der Waals surface area contributed by atoms with Gasteiger partial charge in [-0.2, -0.15) is 0 Å². The number of nitrogens with one attached hydrogen (secondary N) is 1. The maximum Gasteiger partial charge on any atom is 0.244 e. The number of carbonyl (C=O) groups excluding carboxylic acids is 2. The van der Waals surface area contributed by atoms with Gasteiger partial charge >= 0.3 is 0 Å². The molecular weight excluding hydrogens is 522 g/mol. The number of nitrogens with zero attached hydrogens (tertiary/aromatic N) is 2. The van der Waals surface area contributed by atoms with Crippen molar-refractivity contribution in [1.82, 2.24) is 10.2 Å². The van der Waals surface area contributed by atoms with Gasteiger partial charge in [0.25, 0.3) is 0 Å². The Bertz CT molecular complexity index is 1080. The van der Waals surface area contributed by atoms with Crippen LogP contribution in [-0.2, 0) is 26.2 Å². The van der Waals surface area contributed by atoms with Crippen molar-refractivity contribution in [2.45, 2.75) is 39.8 Å². The SMILES string of the molecule is CCCNC(=O)[C@@H](C)N(Cc1ccc(Br)cc1)C(=O)CN(c1ccccc1OCC)S(C)(=O)=O. The Labute approximate surface area is 210 Å². The largest absolute Gasteiger partial charge is 0.492 e. The molecule has 0 saturated carbocycles. The Morgan fingerprint density at radius 2 is 1.74 bits per heavy atom. The summed E-state index contributed by atoms with van der Waals surface area (Å²) in [6.45, 7) is 5.88. The van der Waals surface area contributed by atoms with E-state index in [4.69, 9.17) is 4.74 Å². The Kier molecular flexibility index (Phi) is 10.4. The van der Waals surface area contributed by atoms with E-state index in [0.717, 1.165) is 27.0 Å². The minimum Gasteiger partial charge on any atom is -0.492 e. The fourth-order valence-corrected chi connectivity index (χ4v) is 4.42. The molecule has 0 aromatic heterocycles. The topological polar surface area (TPSA) is 96.0 Å². The van der Waals surface area contributed by atoms with Gasteiger partial charge < -0.3 is 15.0 Å². The number of ether oxygens (including phenoxy) is 1. The second-order valence-electron chi connectivity index (χ2n) is 7.79. The molecule has 1 N–H and O–H groups in total. The fraction of sp³-hybridized carbons (Fsp3) is 0.417. The molecule has 0 bridgehead atoms. The first-order valence-electron chi connectivity index (χ1n) is 11.1. The van der Waals surface area contributed by atoms with Crippen molar-refractivity contribution < 1.29 is 22.7 Å². The van der Waals surface area contributed by atoms with Crippen LogP contribution in [0.2, 0.25) is 0 Å². The van der Waals surface area contributed by atoms with Crippen LogP contribution in [0.1, 0.15) is 32.8 Å². The molecule has 0 aliphatic carbocycles. The summed E-state index contributed by atoms with van der Waals surface area (Å²) in [5.74, 6) is -0.442. The van der Waals surface area contributed by atoms with E-state index in [0.29, 0.717) is 18.9 Å². The number of sulfonamides is 1. The van der Waals surface area contributed by atoms with Crippen LogP contribution in [0.4, 0.5) is 5.69 Å². The zero-order chi connectivity index (χ0) is 25.3. The van der Waals surface area contributed by atoms with E-state index in [-0.39, 0.29) is 18.1 Å². The van der Waals surface area contributed by atoms with Crippen LogP contribution in [-0.4, -0.2) is 57.1 Å². The van der Waals surface area contributed by atoms with E-state index in [1.165, 1.54) is 4.90 Å². The van der Waals surface area contributed by atoms with Crippen LogP contribution in [0.3, 0.4) is 0 Å². The Morgan fingerprint density at radius 1 is 1.09 bits per heavy atom. The van der Waals surface area contributed by atoms with Crippen LogP contribution in [0.15, 0.2) is 53.0 Å². The maximum atomic E-state index is 13.5. The molecule has 8 nitrogen and oxygen atoms in total. The zero-order valence-electron chi connectivity index (χ0n) is 20.0. The number of rotatable bonds is 12. The molecule has 0 unspecified atom stereocenters. The summed E-state index contributed by atoms with van der Waals surface area (Å²) in [4.78, 5) is 27.6. The number of anilines is 1. The van der Waals surface area contributed by atoms with Gasteiger partial charge in [-0.1, -0.05) is 47.1 Å². The predicted molar refractivity (Wildman–Crippen MR) is 137 cm³/mol. The van der Waals surface area contributed by atoms with Gasteiger partial charge in [-0.15, -0.1) is 0 Å². The van der Waals surface area contributed by atoms with Crippen LogP contribution < -0.4 is 14.4 Å². The molecule has 0 spiro atoms. The van der Waals surface area contributed by atoms with E-state index >= 15 is 0 Å². The summed E-state index contributed by atoms with van der Waals surface area (Å²) in [6, 6.07) is 13.3. The van der Waals surface area contributed by atoms with Gasteiger partial charge in [0.1, 0.15) is 18.3 Å². The van der Waals surface area contributed by atoms with E-state index in [1.54, 1.807) is 38.1 Å². The fourth-order valence-electron chi connectivity index (χ4n) is 3.30. The summed E-state index contributed by atoms with van der Waals surface area (Å²) >= 11 is 3.39. The summed E-state index contributed by atoms with van der Waals surface area (Å²) in [5, 5.41) is 2.81. The summed E-state index contributed by atoms with van der Waals surface area (Å²) < 4.78 is 32.9. The number of para-hydroxylation sites is 2. The van der Waals surface area contributed by atoms with Crippen molar-refractivity contribution in [3.8, 4) is 5.75 Å². The van der Waals surface area contributed by atoms with E-state index < -0.39 is 28.5 Å². The summed E-state index contributed by atoms with van der Waals surface area (Å²) in [5.41, 5.74) is 1.08. The first-order valence-corrected chi connectivity index (χ1v) is 13.7. The highest BCUT2D eigenvalue weighted by Crippen LogP contribution is 2.30. The molecule has 0 aliphatic rings. The maximum absolute atomic E-state index is 13.5. The third-order valence-corrected chi connectivity index (χ3v) is 6.75. The monoisotopic (exact) mass is 553 g/mol. The van der Waals surface area contributed by atoms with Gasteiger partial charge in [0.2, 0.25) is 21.8 Å². The van der Waals surface area contributed by atoms with Crippen LogP contribution >= 0.6 is 15.9 Å². The second-order valence-corrected chi connectivity index (χ2v) is 10.6. The molecule has 2 amide bonds. The molecule has 0 radical (unpaired) electrons. The molecule has 0 heterocycles. The molecule has 186 valence electrons. The predicted octanol–water partition coefficient (Wildman–Crippen LogP) is 3.56. The molecule has 2 rings (SSSR count). The quantitative estimate of drug-likeness (QED) is 0.433. The highest BCUT2D eigenvalue weighted by molar-refractivity contribution is 9.10. The third-order valence-electron chi connectivity index (χ3n) is 5.10. The van der Waals surface area contributed by atoms with Crippen molar-refractivity contribution >= 4 is 43.5 Å². The average Bonchev–Trinajstić information content (AvgIpc) is 2.80. The molecule has 2 aromatic carbocycles. The van der Waals surface area contributed by atoms with Crippen LogP contribution in [0, 0.1) is 0 Å².